The molecule has 2 aliphatic heterocycles. The van der Waals surface area contributed by atoms with E-state index in [1.807, 2.05) is 30.3 Å². The summed E-state index contributed by atoms with van der Waals surface area (Å²) in [7, 11) is 0. The lowest BCUT2D eigenvalue weighted by Crippen LogP contribution is -2.46. The van der Waals surface area contributed by atoms with Crippen molar-refractivity contribution in [3.05, 3.63) is 95.3 Å². The Labute approximate surface area is 215 Å². The van der Waals surface area contributed by atoms with Crippen LogP contribution in [-0.2, 0) is 16.0 Å². The lowest BCUT2D eigenvalue weighted by atomic mass is 9.99. The van der Waals surface area contributed by atoms with Crippen molar-refractivity contribution in [3.63, 3.8) is 0 Å². The van der Waals surface area contributed by atoms with E-state index in [4.69, 9.17) is 0 Å². The standard InChI is InChI=1S/C29H29FN4O3/c30-23-10-7-21(8-11-23)26-19-27(35)32-24-18-22(29(37)33-16-14-31-15-17-33)9-12-25(24)34(26)28(36)13-6-20-4-2-1-3-5-20/h1-5,7-12,18,26,31H,6,13-17,19H2,(H,32,35). The molecule has 0 bridgehead atoms. The summed E-state index contributed by atoms with van der Waals surface area (Å²) >= 11 is 0. The number of nitrogens with one attached hydrogen (secondary N) is 2. The predicted molar refractivity (Wildman–Crippen MR) is 140 cm³/mol. The maximum Gasteiger partial charge on any atom is 0.254 e. The molecule has 190 valence electrons. The van der Waals surface area contributed by atoms with Gasteiger partial charge in [-0.2, -0.15) is 0 Å². The van der Waals surface area contributed by atoms with E-state index in [1.54, 1.807) is 40.1 Å². The molecule has 3 aromatic carbocycles. The number of nitrogens with zero attached hydrogens (tertiary/aromatic N) is 2. The number of piperazine rings is 1. The summed E-state index contributed by atoms with van der Waals surface area (Å²) in [6.07, 6.45) is 0.790. The Balaban J connectivity index is 1.51. The molecule has 3 aromatic rings. The normalized spacial score (nSPS) is 17.5. The van der Waals surface area contributed by atoms with Crippen molar-refractivity contribution in [1.29, 1.82) is 0 Å². The van der Waals surface area contributed by atoms with Crippen LogP contribution in [0, 0.1) is 5.82 Å². The van der Waals surface area contributed by atoms with E-state index >= 15 is 0 Å². The molecular weight excluding hydrogens is 471 g/mol. The van der Waals surface area contributed by atoms with Gasteiger partial charge in [0, 0.05) is 38.2 Å². The number of benzene rings is 3. The van der Waals surface area contributed by atoms with Crippen LogP contribution in [0.3, 0.4) is 0 Å². The van der Waals surface area contributed by atoms with Gasteiger partial charge in [0.15, 0.2) is 0 Å². The van der Waals surface area contributed by atoms with Crippen LogP contribution in [0.2, 0.25) is 0 Å². The summed E-state index contributed by atoms with van der Waals surface area (Å²) in [5.74, 6) is -0.933. The lowest BCUT2D eigenvalue weighted by Gasteiger charge is -2.31. The molecule has 0 aliphatic carbocycles. The van der Waals surface area contributed by atoms with Gasteiger partial charge >= 0.3 is 0 Å². The highest BCUT2D eigenvalue weighted by Crippen LogP contribution is 2.39. The molecule has 0 spiro atoms. The van der Waals surface area contributed by atoms with Crippen LogP contribution in [0.15, 0.2) is 72.8 Å². The van der Waals surface area contributed by atoms with Crippen LogP contribution in [0.4, 0.5) is 15.8 Å². The fourth-order valence-electron chi connectivity index (χ4n) is 4.94. The van der Waals surface area contributed by atoms with Gasteiger partial charge in [-0.25, -0.2) is 4.39 Å². The van der Waals surface area contributed by atoms with Crippen LogP contribution < -0.4 is 15.5 Å². The third-order valence-electron chi connectivity index (χ3n) is 6.87. The number of amides is 3. The largest absolute Gasteiger partial charge is 0.336 e. The van der Waals surface area contributed by atoms with Gasteiger partial charge < -0.3 is 20.4 Å². The van der Waals surface area contributed by atoms with Crippen molar-refractivity contribution in [3.8, 4) is 0 Å². The van der Waals surface area contributed by atoms with E-state index in [-0.39, 0.29) is 36.4 Å². The first-order valence-electron chi connectivity index (χ1n) is 12.5. The van der Waals surface area contributed by atoms with Crippen molar-refractivity contribution in [2.75, 3.05) is 36.4 Å². The van der Waals surface area contributed by atoms with E-state index in [0.29, 0.717) is 42.0 Å². The van der Waals surface area contributed by atoms with Gasteiger partial charge in [-0.05, 0) is 47.9 Å². The summed E-state index contributed by atoms with van der Waals surface area (Å²) < 4.78 is 13.7. The summed E-state index contributed by atoms with van der Waals surface area (Å²) in [5, 5.41) is 6.13. The highest BCUT2D eigenvalue weighted by atomic mass is 19.1. The average molecular weight is 501 g/mol. The number of anilines is 2. The molecule has 2 heterocycles. The van der Waals surface area contributed by atoms with Gasteiger partial charge in [0.2, 0.25) is 11.8 Å². The molecular formula is C29H29FN4O3. The minimum absolute atomic E-state index is 0.0124. The van der Waals surface area contributed by atoms with Crippen LogP contribution in [0.5, 0.6) is 0 Å². The zero-order valence-electron chi connectivity index (χ0n) is 20.5. The van der Waals surface area contributed by atoms with E-state index in [1.165, 1.54) is 12.1 Å². The SMILES string of the molecule is O=C1CC(c2ccc(F)cc2)N(C(=O)CCc2ccccc2)c2ccc(C(=O)N3CCNCC3)cc2N1. The zero-order valence-corrected chi connectivity index (χ0v) is 20.5. The van der Waals surface area contributed by atoms with Gasteiger partial charge in [0.1, 0.15) is 5.82 Å². The highest BCUT2D eigenvalue weighted by molar-refractivity contribution is 6.06. The van der Waals surface area contributed by atoms with Gasteiger partial charge in [0.05, 0.1) is 23.8 Å². The van der Waals surface area contributed by atoms with Crippen molar-refractivity contribution in [1.82, 2.24) is 10.2 Å². The van der Waals surface area contributed by atoms with Crippen molar-refractivity contribution in [2.24, 2.45) is 0 Å². The maximum atomic E-state index is 13.7. The average Bonchev–Trinajstić information content (AvgIpc) is 3.08. The minimum Gasteiger partial charge on any atom is -0.336 e. The van der Waals surface area contributed by atoms with Crippen LogP contribution in [-0.4, -0.2) is 48.8 Å². The molecule has 0 radical (unpaired) electrons. The van der Waals surface area contributed by atoms with Crippen molar-refractivity contribution < 1.29 is 18.8 Å². The summed E-state index contributed by atoms with van der Waals surface area (Å²) in [4.78, 5) is 43.3. The first-order chi connectivity index (χ1) is 18.0. The fraction of sp³-hybridized carbons (Fsp3) is 0.276. The quantitative estimate of drug-likeness (QED) is 0.557. The second-order valence-electron chi connectivity index (χ2n) is 9.34. The van der Waals surface area contributed by atoms with Gasteiger partial charge in [0.25, 0.3) is 5.91 Å². The fourth-order valence-corrected chi connectivity index (χ4v) is 4.94. The Hall–Kier alpha value is -4.04. The molecule has 5 rings (SSSR count). The number of carbonyl (C=O) groups excluding carboxylic acids is 3. The first kappa shape index (κ1) is 24.6. The molecule has 8 heteroatoms. The number of aryl methyl sites for hydroxylation is 1. The molecule has 7 nitrogen and oxygen atoms in total. The second-order valence-corrected chi connectivity index (χ2v) is 9.34. The number of carbonyl (C=O) groups is 3. The van der Waals surface area contributed by atoms with Crippen LogP contribution in [0.25, 0.3) is 0 Å². The first-order valence-corrected chi connectivity index (χ1v) is 12.5. The molecule has 0 saturated carbocycles. The van der Waals surface area contributed by atoms with E-state index < -0.39 is 6.04 Å². The van der Waals surface area contributed by atoms with Crippen molar-refractivity contribution in [2.45, 2.75) is 25.3 Å². The minimum atomic E-state index is -0.611. The number of hydrogen-bond donors (Lipinski definition) is 2. The van der Waals surface area contributed by atoms with Gasteiger partial charge in [-0.1, -0.05) is 42.5 Å². The number of hydrogen-bond acceptors (Lipinski definition) is 4. The number of rotatable bonds is 5. The number of fused-ring (bicyclic) bond motifs is 1. The molecule has 1 fully saturated rings. The Kier molecular flexibility index (Phi) is 7.28. The molecule has 1 unspecified atom stereocenters. The van der Waals surface area contributed by atoms with Crippen LogP contribution >= 0.6 is 0 Å². The summed E-state index contributed by atoms with van der Waals surface area (Å²) in [5.41, 5.74) is 3.10. The third-order valence-corrected chi connectivity index (χ3v) is 6.87. The Morgan fingerprint density at radius 1 is 0.946 bits per heavy atom. The van der Waals surface area contributed by atoms with E-state index in [9.17, 15) is 18.8 Å². The molecule has 1 atom stereocenters. The topological polar surface area (TPSA) is 81.8 Å². The van der Waals surface area contributed by atoms with E-state index in [2.05, 4.69) is 10.6 Å². The predicted octanol–water partition coefficient (Wildman–Crippen LogP) is 3.92. The summed E-state index contributed by atoms with van der Waals surface area (Å²) in [6.45, 7) is 2.69. The Bertz CT molecular complexity index is 1290. The molecule has 2 aliphatic rings. The third kappa shape index (κ3) is 5.54. The molecule has 0 aromatic heterocycles. The molecule has 3 amide bonds. The van der Waals surface area contributed by atoms with Crippen molar-refractivity contribution >= 4 is 29.1 Å². The number of halogens is 1. The van der Waals surface area contributed by atoms with Gasteiger partial charge in [-0.3, -0.25) is 14.4 Å². The highest BCUT2D eigenvalue weighted by Gasteiger charge is 2.34. The van der Waals surface area contributed by atoms with Gasteiger partial charge in [-0.15, -0.1) is 0 Å². The molecule has 2 N–H and O–H groups in total. The Morgan fingerprint density at radius 2 is 1.68 bits per heavy atom. The lowest BCUT2D eigenvalue weighted by molar-refractivity contribution is -0.119. The Morgan fingerprint density at radius 3 is 2.41 bits per heavy atom. The maximum absolute atomic E-state index is 13.7. The smallest absolute Gasteiger partial charge is 0.254 e. The monoisotopic (exact) mass is 500 g/mol. The van der Waals surface area contributed by atoms with E-state index in [0.717, 1.165) is 18.7 Å². The molecule has 1 saturated heterocycles. The van der Waals surface area contributed by atoms with Crippen LogP contribution in [0.1, 0.15) is 40.4 Å². The second kappa shape index (κ2) is 10.9. The summed E-state index contributed by atoms with van der Waals surface area (Å²) in [6, 6.07) is 20.1. The zero-order chi connectivity index (χ0) is 25.8. The molecule has 37 heavy (non-hydrogen) atoms.